The van der Waals surface area contributed by atoms with E-state index < -0.39 is 8.07 Å². The van der Waals surface area contributed by atoms with Crippen LogP contribution in [0.25, 0.3) is 0 Å². The van der Waals surface area contributed by atoms with Gasteiger partial charge in [0.1, 0.15) is 13.8 Å². The average molecular weight is 370 g/mol. The maximum Gasteiger partial charge on any atom is 0.119 e. The lowest BCUT2D eigenvalue weighted by atomic mass is 9.98. The Labute approximate surface area is 162 Å². The summed E-state index contributed by atoms with van der Waals surface area (Å²) in [5, 5.41) is 0. The van der Waals surface area contributed by atoms with Crippen molar-refractivity contribution >= 4 is 8.07 Å². The fraction of sp³-hybridized carbons (Fsp3) is 0.478. The molecule has 0 radical (unpaired) electrons. The van der Waals surface area contributed by atoms with Crippen LogP contribution in [0.4, 0.5) is 0 Å². The molecule has 1 rings (SSSR count). The summed E-state index contributed by atoms with van der Waals surface area (Å²) in [7, 11) is -1.45. The number of ether oxygens (including phenoxy) is 1. The quantitative estimate of drug-likeness (QED) is 0.423. The van der Waals surface area contributed by atoms with E-state index in [-0.39, 0.29) is 5.41 Å². The van der Waals surface area contributed by atoms with Gasteiger partial charge in [-0.25, -0.2) is 0 Å². The molecule has 0 heterocycles. The SMILES string of the molecule is C=C[Si](C)(C)COc1cccc(CN(CC)CC=CC#CC(C)(C)C)c1. The first-order valence-corrected chi connectivity index (χ1v) is 12.7. The molecule has 3 heteroatoms. The maximum absolute atomic E-state index is 6.00. The number of rotatable bonds is 9. The van der Waals surface area contributed by atoms with Crippen molar-refractivity contribution in [3.05, 3.63) is 54.3 Å². The average Bonchev–Trinajstić information content (AvgIpc) is 2.58. The highest BCUT2D eigenvalue weighted by atomic mass is 28.3. The van der Waals surface area contributed by atoms with E-state index >= 15 is 0 Å². The molecule has 0 spiro atoms. The van der Waals surface area contributed by atoms with Crippen LogP contribution in [0.1, 0.15) is 33.3 Å². The predicted octanol–water partition coefficient (Wildman–Crippen LogP) is 5.47. The van der Waals surface area contributed by atoms with Gasteiger partial charge in [-0.05, 0) is 51.1 Å². The number of hydrogen-bond acceptors (Lipinski definition) is 2. The summed E-state index contributed by atoms with van der Waals surface area (Å²) in [5.74, 6) is 7.31. The van der Waals surface area contributed by atoms with Gasteiger partial charge in [0, 0.05) is 18.5 Å². The van der Waals surface area contributed by atoms with E-state index in [2.05, 4.69) is 94.1 Å². The summed E-state index contributed by atoms with van der Waals surface area (Å²) >= 11 is 0. The van der Waals surface area contributed by atoms with E-state index in [1.54, 1.807) is 0 Å². The molecule has 0 saturated heterocycles. The lowest BCUT2D eigenvalue weighted by Gasteiger charge is -2.20. The van der Waals surface area contributed by atoms with Gasteiger partial charge in [0.05, 0.1) is 6.23 Å². The molecule has 0 aliphatic rings. The summed E-state index contributed by atoms with van der Waals surface area (Å²) < 4.78 is 6.00. The first-order chi connectivity index (χ1) is 12.1. The number of hydrogen-bond donors (Lipinski definition) is 0. The first-order valence-electron chi connectivity index (χ1n) is 9.40. The van der Waals surface area contributed by atoms with Crippen LogP contribution < -0.4 is 4.74 Å². The Bertz CT molecular complexity index is 659. The van der Waals surface area contributed by atoms with Gasteiger partial charge in [-0.15, -0.1) is 6.58 Å². The van der Waals surface area contributed by atoms with Crippen LogP contribution in [0.2, 0.25) is 13.1 Å². The molecule has 2 nitrogen and oxygen atoms in total. The Morgan fingerprint density at radius 1 is 1.27 bits per heavy atom. The van der Waals surface area contributed by atoms with Crippen molar-refractivity contribution in [3.63, 3.8) is 0 Å². The molecule has 0 aliphatic heterocycles. The van der Waals surface area contributed by atoms with Crippen molar-refractivity contribution in [2.24, 2.45) is 5.41 Å². The van der Waals surface area contributed by atoms with Crippen molar-refractivity contribution in [2.45, 2.75) is 47.3 Å². The van der Waals surface area contributed by atoms with E-state index in [0.717, 1.165) is 31.6 Å². The van der Waals surface area contributed by atoms with Gasteiger partial charge < -0.3 is 4.74 Å². The van der Waals surface area contributed by atoms with Crippen molar-refractivity contribution < 1.29 is 4.74 Å². The third-order valence-corrected chi connectivity index (χ3v) is 5.92. The lowest BCUT2D eigenvalue weighted by Crippen LogP contribution is -2.32. The molecular formula is C23H35NOSi. The van der Waals surface area contributed by atoms with Crippen LogP contribution in [-0.2, 0) is 6.54 Å². The lowest BCUT2D eigenvalue weighted by molar-refractivity contribution is 0.310. The molecule has 0 bridgehead atoms. The summed E-state index contributed by atoms with van der Waals surface area (Å²) in [5.41, 5.74) is 3.40. The molecule has 0 aromatic heterocycles. The Balaban J connectivity index is 2.62. The topological polar surface area (TPSA) is 12.5 Å². The number of allylic oxidation sites excluding steroid dienone is 1. The highest BCUT2D eigenvalue weighted by Gasteiger charge is 2.17. The van der Waals surface area contributed by atoms with Gasteiger partial charge in [-0.1, -0.05) is 55.8 Å². The highest BCUT2D eigenvalue weighted by molar-refractivity contribution is 6.82. The number of likely N-dealkylation sites (N-methyl/N-ethyl adjacent to an activating group) is 1. The maximum atomic E-state index is 6.00. The third kappa shape index (κ3) is 9.65. The van der Waals surface area contributed by atoms with E-state index in [9.17, 15) is 0 Å². The largest absolute Gasteiger partial charge is 0.497 e. The minimum absolute atomic E-state index is 0.0538. The first kappa shape index (κ1) is 22.3. The minimum atomic E-state index is -1.45. The molecule has 1 aromatic rings. The summed E-state index contributed by atoms with van der Waals surface area (Å²) in [4.78, 5) is 2.39. The van der Waals surface area contributed by atoms with Crippen LogP contribution in [0.15, 0.2) is 48.7 Å². The molecule has 0 aliphatic carbocycles. The van der Waals surface area contributed by atoms with Crippen molar-refractivity contribution in [3.8, 4) is 17.6 Å². The van der Waals surface area contributed by atoms with Gasteiger partial charge in [0.15, 0.2) is 0 Å². The smallest absolute Gasteiger partial charge is 0.119 e. The second-order valence-corrected chi connectivity index (χ2v) is 13.1. The fourth-order valence-electron chi connectivity index (χ4n) is 2.14. The zero-order valence-corrected chi connectivity index (χ0v) is 18.4. The van der Waals surface area contributed by atoms with Crippen LogP contribution in [0.5, 0.6) is 5.75 Å². The number of nitrogens with zero attached hydrogens (tertiary/aromatic N) is 1. The Morgan fingerprint density at radius 3 is 2.62 bits per heavy atom. The molecule has 0 fully saturated rings. The molecule has 142 valence electrons. The fourth-order valence-corrected chi connectivity index (χ4v) is 2.80. The summed E-state index contributed by atoms with van der Waals surface area (Å²) in [6.45, 7) is 19.8. The molecule has 0 amide bonds. The third-order valence-electron chi connectivity index (χ3n) is 3.93. The second-order valence-electron chi connectivity index (χ2n) is 8.38. The van der Waals surface area contributed by atoms with Crippen molar-refractivity contribution in [1.29, 1.82) is 0 Å². The van der Waals surface area contributed by atoms with Gasteiger partial charge in [0.25, 0.3) is 0 Å². The summed E-state index contributed by atoms with van der Waals surface area (Å²) in [6, 6.07) is 8.43. The molecule has 1 aromatic carbocycles. The van der Waals surface area contributed by atoms with E-state index in [1.807, 2.05) is 12.1 Å². The van der Waals surface area contributed by atoms with Crippen molar-refractivity contribution in [2.75, 3.05) is 19.3 Å². The second kappa shape index (κ2) is 10.4. The molecule has 0 saturated carbocycles. The summed E-state index contributed by atoms with van der Waals surface area (Å²) in [6.07, 6.45) is 4.88. The molecule has 26 heavy (non-hydrogen) atoms. The molecular weight excluding hydrogens is 334 g/mol. The van der Waals surface area contributed by atoms with Crippen molar-refractivity contribution in [1.82, 2.24) is 4.90 Å². The van der Waals surface area contributed by atoms with Gasteiger partial charge in [0.2, 0.25) is 0 Å². The highest BCUT2D eigenvalue weighted by Crippen LogP contribution is 2.17. The molecule has 0 unspecified atom stereocenters. The van der Waals surface area contributed by atoms with Crippen LogP contribution in [-0.4, -0.2) is 32.3 Å². The van der Waals surface area contributed by atoms with E-state index in [0.29, 0.717) is 0 Å². The van der Waals surface area contributed by atoms with Crippen LogP contribution >= 0.6 is 0 Å². The normalized spacial score (nSPS) is 12.1. The van der Waals surface area contributed by atoms with Gasteiger partial charge in [-0.3, -0.25) is 4.90 Å². The Hall–Kier alpha value is -1.76. The molecule has 0 N–H and O–H groups in total. The van der Waals surface area contributed by atoms with E-state index in [1.165, 1.54) is 5.56 Å². The monoisotopic (exact) mass is 369 g/mol. The van der Waals surface area contributed by atoms with Gasteiger partial charge >= 0.3 is 0 Å². The Morgan fingerprint density at radius 2 is 2.00 bits per heavy atom. The Kier molecular flexibility index (Phi) is 8.91. The van der Waals surface area contributed by atoms with E-state index in [4.69, 9.17) is 4.74 Å². The standard InChI is InChI=1S/C23H35NOSi/c1-8-24(17-12-10-11-16-23(3,4)5)19-21-14-13-15-22(18-21)25-20-26(6,7)9-2/h9-10,12-15,18H,2,8,17,19-20H2,1,3-7H3. The minimum Gasteiger partial charge on any atom is -0.497 e. The zero-order chi connectivity index (χ0) is 19.6. The van der Waals surface area contributed by atoms with Crippen LogP contribution in [0, 0.1) is 17.3 Å². The molecule has 0 atom stereocenters. The van der Waals surface area contributed by atoms with Crippen LogP contribution in [0.3, 0.4) is 0 Å². The number of benzene rings is 1. The zero-order valence-electron chi connectivity index (χ0n) is 17.4. The predicted molar refractivity (Wildman–Crippen MR) is 117 cm³/mol. The van der Waals surface area contributed by atoms with Gasteiger partial charge in [-0.2, -0.15) is 0 Å².